The topological polar surface area (TPSA) is 116 Å². The van der Waals surface area contributed by atoms with Gasteiger partial charge in [0, 0.05) is 13.0 Å². The molecule has 0 spiro atoms. The van der Waals surface area contributed by atoms with Gasteiger partial charge in [0.2, 0.25) is 0 Å². The molecule has 0 unspecified atom stereocenters. The Bertz CT molecular complexity index is 914. The van der Waals surface area contributed by atoms with Gasteiger partial charge in [-0.1, -0.05) is 17.7 Å². The van der Waals surface area contributed by atoms with Crippen LogP contribution in [-0.2, 0) is 14.8 Å². The molecule has 0 aliphatic carbocycles. The van der Waals surface area contributed by atoms with Gasteiger partial charge in [-0.2, -0.15) is 0 Å². The highest BCUT2D eigenvalue weighted by Gasteiger charge is 2.27. The van der Waals surface area contributed by atoms with Crippen molar-refractivity contribution >= 4 is 21.7 Å². The Morgan fingerprint density at radius 2 is 1.77 bits per heavy atom. The van der Waals surface area contributed by atoms with Crippen LogP contribution in [0.15, 0.2) is 53.4 Å². The van der Waals surface area contributed by atoms with Crippen LogP contribution in [0.2, 0.25) is 0 Å². The number of carboxylic acid groups (broad SMARTS) is 1. The number of carboxylic acids is 1. The standard InChI is InChI=1S/C21H28N2O6S/c1-16-5-11-20(12-6-16)30(27,28)23(17-7-9-19(29-2)10-8-17)15-18(24)14-22-13-3-4-21(25)26/h5-12,18,22,24H,3-4,13-15H2,1-2H3,(H,25,26)/t18-/m1/s1. The van der Waals surface area contributed by atoms with Crippen molar-refractivity contribution in [2.75, 3.05) is 31.0 Å². The van der Waals surface area contributed by atoms with Crippen molar-refractivity contribution in [2.45, 2.75) is 30.8 Å². The second kappa shape index (κ2) is 11.0. The number of aryl methyl sites for hydroxylation is 1. The maximum Gasteiger partial charge on any atom is 0.303 e. The molecule has 0 saturated heterocycles. The van der Waals surface area contributed by atoms with E-state index in [0.717, 1.165) is 5.56 Å². The second-order valence-corrected chi connectivity index (χ2v) is 8.76. The Kier molecular flexibility index (Phi) is 8.64. The molecule has 2 rings (SSSR count). The average Bonchev–Trinajstić information content (AvgIpc) is 2.72. The summed E-state index contributed by atoms with van der Waals surface area (Å²) in [6.07, 6.45) is -0.536. The van der Waals surface area contributed by atoms with Crippen LogP contribution >= 0.6 is 0 Å². The van der Waals surface area contributed by atoms with Crippen molar-refractivity contribution < 1.29 is 28.2 Å². The first-order chi connectivity index (χ1) is 14.2. The number of hydrogen-bond donors (Lipinski definition) is 3. The van der Waals surface area contributed by atoms with Crippen molar-refractivity contribution in [1.29, 1.82) is 0 Å². The van der Waals surface area contributed by atoms with E-state index in [1.165, 1.54) is 23.5 Å². The van der Waals surface area contributed by atoms with Gasteiger partial charge in [-0.05, 0) is 56.3 Å². The summed E-state index contributed by atoms with van der Waals surface area (Å²) >= 11 is 0. The van der Waals surface area contributed by atoms with Crippen LogP contribution in [-0.4, -0.2) is 57.4 Å². The van der Waals surface area contributed by atoms with Gasteiger partial charge in [-0.3, -0.25) is 9.10 Å². The van der Waals surface area contributed by atoms with Crippen molar-refractivity contribution in [2.24, 2.45) is 0 Å². The van der Waals surface area contributed by atoms with Crippen molar-refractivity contribution in [3.05, 3.63) is 54.1 Å². The van der Waals surface area contributed by atoms with E-state index in [0.29, 0.717) is 24.4 Å². The first-order valence-corrected chi connectivity index (χ1v) is 11.0. The SMILES string of the molecule is COc1ccc(N(C[C@H](O)CNCCCC(=O)O)S(=O)(=O)c2ccc(C)cc2)cc1. The molecule has 0 aliphatic rings. The van der Waals surface area contributed by atoms with E-state index in [1.54, 1.807) is 36.4 Å². The molecule has 9 heteroatoms. The number of nitrogens with zero attached hydrogens (tertiary/aromatic N) is 1. The van der Waals surface area contributed by atoms with Crippen LogP contribution in [0.3, 0.4) is 0 Å². The zero-order valence-corrected chi connectivity index (χ0v) is 17.9. The van der Waals surface area contributed by atoms with E-state index >= 15 is 0 Å². The van der Waals surface area contributed by atoms with E-state index < -0.39 is 22.1 Å². The highest BCUT2D eigenvalue weighted by Crippen LogP contribution is 2.26. The Balaban J connectivity index is 2.18. The molecule has 0 amide bonds. The number of rotatable bonds is 12. The lowest BCUT2D eigenvalue weighted by atomic mass is 10.2. The molecule has 164 valence electrons. The van der Waals surface area contributed by atoms with Gasteiger partial charge in [-0.15, -0.1) is 0 Å². The molecular formula is C21H28N2O6S. The molecule has 0 bridgehead atoms. The Labute approximate surface area is 177 Å². The fourth-order valence-corrected chi connectivity index (χ4v) is 4.32. The highest BCUT2D eigenvalue weighted by molar-refractivity contribution is 7.92. The maximum absolute atomic E-state index is 13.3. The molecule has 30 heavy (non-hydrogen) atoms. The summed E-state index contributed by atoms with van der Waals surface area (Å²) in [5.74, 6) is -0.292. The maximum atomic E-state index is 13.3. The van der Waals surface area contributed by atoms with Crippen molar-refractivity contribution in [3.63, 3.8) is 0 Å². The van der Waals surface area contributed by atoms with Gasteiger partial charge in [-0.25, -0.2) is 8.42 Å². The van der Waals surface area contributed by atoms with E-state index in [1.807, 2.05) is 6.92 Å². The fraction of sp³-hybridized carbons (Fsp3) is 0.381. The first kappa shape index (κ1) is 23.7. The molecular weight excluding hydrogens is 408 g/mol. The highest BCUT2D eigenvalue weighted by atomic mass is 32.2. The van der Waals surface area contributed by atoms with Gasteiger partial charge in [0.1, 0.15) is 5.75 Å². The second-order valence-electron chi connectivity index (χ2n) is 6.90. The molecule has 0 radical (unpaired) electrons. The van der Waals surface area contributed by atoms with Gasteiger partial charge in [0.25, 0.3) is 10.0 Å². The summed E-state index contributed by atoms with van der Waals surface area (Å²) in [6.45, 7) is 2.26. The Morgan fingerprint density at radius 1 is 1.13 bits per heavy atom. The summed E-state index contributed by atoms with van der Waals surface area (Å²) in [4.78, 5) is 10.7. The number of carbonyl (C=O) groups is 1. The van der Waals surface area contributed by atoms with E-state index in [-0.39, 0.29) is 24.4 Å². The summed E-state index contributed by atoms with van der Waals surface area (Å²) in [5, 5.41) is 22.1. The summed E-state index contributed by atoms with van der Waals surface area (Å²) < 4.78 is 32.9. The van der Waals surface area contributed by atoms with Crippen LogP contribution in [0.4, 0.5) is 5.69 Å². The molecule has 0 fully saturated rings. The molecule has 0 aromatic heterocycles. The van der Waals surface area contributed by atoms with Gasteiger partial charge in [0.15, 0.2) is 0 Å². The number of sulfonamides is 1. The molecule has 0 heterocycles. The zero-order chi connectivity index (χ0) is 22.1. The number of aliphatic carboxylic acids is 1. The molecule has 1 atom stereocenters. The lowest BCUT2D eigenvalue weighted by molar-refractivity contribution is -0.137. The largest absolute Gasteiger partial charge is 0.497 e. The molecule has 3 N–H and O–H groups in total. The lowest BCUT2D eigenvalue weighted by Crippen LogP contribution is -2.41. The fourth-order valence-electron chi connectivity index (χ4n) is 2.82. The monoisotopic (exact) mass is 436 g/mol. The Morgan fingerprint density at radius 3 is 2.33 bits per heavy atom. The minimum atomic E-state index is -3.90. The molecule has 0 saturated carbocycles. The summed E-state index contributed by atoms with van der Waals surface area (Å²) in [5.41, 5.74) is 1.34. The quantitative estimate of drug-likeness (QED) is 0.436. The van der Waals surface area contributed by atoms with Crippen LogP contribution < -0.4 is 14.4 Å². The zero-order valence-electron chi connectivity index (χ0n) is 17.1. The first-order valence-electron chi connectivity index (χ1n) is 9.58. The number of benzene rings is 2. The number of ether oxygens (including phenoxy) is 1. The number of anilines is 1. The van der Waals surface area contributed by atoms with E-state index in [9.17, 15) is 18.3 Å². The van der Waals surface area contributed by atoms with Crippen LogP contribution in [0.1, 0.15) is 18.4 Å². The van der Waals surface area contributed by atoms with Crippen LogP contribution in [0.25, 0.3) is 0 Å². The predicted molar refractivity (Wildman–Crippen MR) is 114 cm³/mol. The normalized spacial score (nSPS) is 12.4. The number of methoxy groups -OCH3 is 1. The number of nitrogens with one attached hydrogen (secondary N) is 1. The smallest absolute Gasteiger partial charge is 0.303 e. The molecule has 2 aromatic carbocycles. The third kappa shape index (κ3) is 6.72. The van der Waals surface area contributed by atoms with Gasteiger partial charge < -0.3 is 20.3 Å². The van der Waals surface area contributed by atoms with Gasteiger partial charge >= 0.3 is 5.97 Å². The molecule has 2 aromatic rings. The van der Waals surface area contributed by atoms with Crippen LogP contribution in [0.5, 0.6) is 5.75 Å². The lowest BCUT2D eigenvalue weighted by Gasteiger charge is -2.27. The van der Waals surface area contributed by atoms with Crippen molar-refractivity contribution in [3.8, 4) is 5.75 Å². The van der Waals surface area contributed by atoms with Gasteiger partial charge in [0.05, 0.1) is 30.3 Å². The Hall–Kier alpha value is -2.62. The third-order valence-corrected chi connectivity index (χ3v) is 6.28. The number of aliphatic hydroxyl groups excluding tert-OH is 1. The minimum absolute atomic E-state index is 0.0306. The summed E-state index contributed by atoms with van der Waals surface area (Å²) in [6, 6.07) is 13.1. The van der Waals surface area contributed by atoms with Crippen molar-refractivity contribution in [1.82, 2.24) is 5.32 Å². The van der Waals surface area contributed by atoms with Crippen LogP contribution in [0, 0.1) is 6.92 Å². The summed E-state index contributed by atoms with van der Waals surface area (Å²) in [7, 11) is -2.38. The van der Waals surface area contributed by atoms with E-state index in [2.05, 4.69) is 5.32 Å². The third-order valence-electron chi connectivity index (χ3n) is 4.47. The predicted octanol–water partition coefficient (Wildman–Crippen LogP) is 2.01. The minimum Gasteiger partial charge on any atom is -0.497 e. The average molecular weight is 437 g/mol. The number of aliphatic hydroxyl groups is 1. The molecule has 0 aliphatic heterocycles. The van der Waals surface area contributed by atoms with E-state index in [4.69, 9.17) is 9.84 Å². The number of hydrogen-bond acceptors (Lipinski definition) is 6. The molecule has 8 nitrogen and oxygen atoms in total.